The number of benzene rings is 1. The SMILES string of the molecule is [CH2-]C(=O)NCC(NC([CH2-])=O)C(=O)NCc1ccc(CC)cc1.[Gd].[Gd]. The van der Waals surface area contributed by atoms with E-state index in [1.807, 2.05) is 24.3 Å². The van der Waals surface area contributed by atoms with Crippen molar-refractivity contribution >= 4 is 17.7 Å². The van der Waals surface area contributed by atoms with Crippen LogP contribution < -0.4 is 16.0 Å². The summed E-state index contributed by atoms with van der Waals surface area (Å²) in [6.45, 7) is 8.69. The van der Waals surface area contributed by atoms with Crippen LogP contribution in [0.25, 0.3) is 0 Å². The number of carbonyl (C=O) groups is 3. The Morgan fingerprint density at radius 3 is 1.96 bits per heavy atom. The van der Waals surface area contributed by atoms with Gasteiger partial charge in [-0.1, -0.05) is 31.2 Å². The van der Waals surface area contributed by atoms with Crippen LogP contribution in [-0.4, -0.2) is 30.3 Å². The Morgan fingerprint density at radius 1 is 0.958 bits per heavy atom. The maximum Gasteiger partial charge on any atom is 0.244 e. The molecule has 8 heteroatoms. The molecule has 0 aliphatic rings. The van der Waals surface area contributed by atoms with Crippen LogP contribution in [-0.2, 0) is 27.3 Å². The summed E-state index contributed by atoms with van der Waals surface area (Å²) in [4.78, 5) is 33.9. The molecule has 0 heterocycles. The Balaban J connectivity index is 0. The quantitative estimate of drug-likeness (QED) is 0.381. The predicted octanol–water partition coefficient (Wildman–Crippen LogP) is 0.134. The number of hydrogen-bond acceptors (Lipinski definition) is 3. The minimum atomic E-state index is -0.884. The third-order valence-electron chi connectivity index (χ3n) is 3.05. The number of hydrogen-bond donors (Lipinski definition) is 3. The third-order valence-corrected chi connectivity index (χ3v) is 3.05. The molecule has 0 aliphatic heterocycles. The van der Waals surface area contributed by atoms with Gasteiger partial charge in [0, 0.05) is 93.0 Å². The second kappa shape index (κ2) is 14.2. The topological polar surface area (TPSA) is 87.3 Å². The van der Waals surface area contributed by atoms with Crippen molar-refractivity contribution in [2.75, 3.05) is 6.54 Å². The molecular formula is C16H21Gd2N3O3-2. The monoisotopic (exact) mass is 619 g/mol. The van der Waals surface area contributed by atoms with E-state index in [-0.39, 0.29) is 86.4 Å². The molecule has 0 aliphatic carbocycles. The van der Waals surface area contributed by atoms with E-state index < -0.39 is 23.8 Å². The van der Waals surface area contributed by atoms with E-state index in [0.717, 1.165) is 12.0 Å². The maximum atomic E-state index is 12.1. The second-order valence-corrected chi connectivity index (χ2v) is 4.81. The normalized spacial score (nSPS) is 10.4. The van der Waals surface area contributed by atoms with Gasteiger partial charge < -0.3 is 39.4 Å². The molecule has 0 fully saturated rings. The molecule has 1 atom stereocenters. The van der Waals surface area contributed by atoms with Crippen LogP contribution in [0.1, 0.15) is 18.1 Å². The first-order valence-electron chi connectivity index (χ1n) is 7.00. The molecule has 6 nitrogen and oxygen atoms in total. The van der Waals surface area contributed by atoms with Crippen molar-refractivity contribution < 1.29 is 94.3 Å². The van der Waals surface area contributed by atoms with Gasteiger partial charge in [-0.25, -0.2) is 0 Å². The average molecular weight is 618 g/mol. The molecule has 1 aromatic carbocycles. The number of rotatable bonds is 7. The van der Waals surface area contributed by atoms with Crippen molar-refractivity contribution in [3.63, 3.8) is 0 Å². The standard InChI is InChI=1S/C16H21N3O3.2Gd/c1-4-13-5-7-14(8-6-13)9-18-16(22)15(19-12(3)21)10-17-11(2)20;;/h5-8,15H,2-4,9-10H2,1H3,(H,17,20)(H,18,22)(H,19,21);;/q-2;;. The molecular weight excluding hydrogens is 597 g/mol. The molecule has 1 rings (SSSR count). The van der Waals surface area contributed by atoms with Crippen LogP contribution in [0.4, 0.5) is 0 Å². The Labute approximate surface area is 207 Å². The summed E-state index contributed by atoms with van der Waals surface area (Å²) < 4.78 is 0. The van der Waals surface area contributed by atoms with Gasteiger partial charge in [0.05, 0.1) is 11.8 Å². The first-order valence-corrected chi connectivity index (χ1v) is 7.00. The van der Waals surface area contributed by atoms with Gasteiger partial charge in [-0.05, 0) is 17.5 Å². The first kappa shape index (κ1) is 26.3. The van der Waals surface area contributed by atoms with Crippen molar-refractivity contribution in [1.29, 1.82) is 0 Å². The van der Waals surface area contributed by atoms with Crippen LogP contribution in [0.2, 0.25) is 0 Å². The molecule has 0 saturated carbocycles. The summed E-state index contributed by atoms with van der Waals surface area (Å²) in [5.41, 5.74) is 2.17. The van der Waals surface area contributed by atoms with Crippen LogP contribution in [0.3, 0.4) is 0 Å². The molecule has 0 saturated heterocycles. The Kier molecular flexibility index (Phi) is 15.5. The molecule has 0 aromatic heterocycles. The Hall–Kier alpha value is 0.0194. The van der Waals surface area contributed by atoms with Crippen LogP contribution in [0, 0.1) is 93.7 Å². The Morgan fingerprint density at radius 2 is 1.50 bits per heavy atom. The summed E-state index contributed by atoms with van der Waals surface area (Å²) >= 11 is 0. The van der Waals surface area contributed by atoms with Gasteiger partial charge >= 0.3 is 0 Å². The van der Waals surface area contributed by atoms with Crippen LogP contribution in [0.5, 0.6) is 0 Å². The van der Waals surface area contributed by atoms with E-state index in [9.17, 15) is 14.4 Å². The van der Waals surface area contributed by atoms with E-state index in [1.54, 1.807) is 0 Å². The van der Waals surface area contributed by atoms with E-state index in [1.165, 1.54) is 5.56 Å². The van der Waals surface area contributed by atoms with Gasteiger partial charge in [-0.15, -0.1) is 0 Å². The van der Waals surface area contributed by atoms with Crippen molar-refractivity contribution in [2.45, 2.75) is 25.9 Å². The zero-order valence-electron chi connectivity index (χ0n) is 13.4. The molecule has 0 bridgehead atoms. The van der Waals surface area contributed by atoms with Gasteiger partial charge in [-0.3, -0.25) is 4.79 Å². The number of aryl methyl sites for hydroxylation is 1. The van der Waals surface area contributed by atoms with Crippen molar-refractivity contribution in [3.8, 4) is 0 Å². The summed E-state index contributed by atoms with van der Waals surface area (Å²) in [5, 5.41) is 7.49. The zero-order valence-corrected chi connectivity index (χ0v) is 17.9. The molecule has 1 aromatic rings. The number of amides is 3. The third kappa shape index (κ3) is 10.8. The van der Waals surface area contributed by atoms with Gasteiger partial charge in [-0.2, -0.15) is 0 Å². The van der Waals surface area contributed by atoms with Gasteiger partial charge in [0.2, 0.25) is 5.91 Å². The van der Waals surface area contributed by atoms with Gasteiger partial charge in [0.15, 0.2) is 0 Å². The smallest absolute Gasteiger partial charge is 0.244 e. The number of nitrogens with one attached hydrogen (secondary N) is 3. The fourth-order valence-corrected chi connectivity index (χ4v) is 1.82. The van der Waals surface area contributed by atoms with E-state index in [0.29, 0.717) is 6.54 Å². The fourth-order valence-electron chi connectivity index (χ4n) is 1.82. The zero-order chi connectivity index (χ0) is 16.5. The maximum absolute atomic E-state index is 12.1. The summed E-state index contributed by atoms with van der Waals surface area (Å²) in [5.74, 6) is -1.51. The predicted molar refractivity (Wildman–Crippen MR) is 83.3 cm³/mol. The van der Waals surface area contributed by atoms with Crippen molar-refractivity contribution in [2.24, 2.45) is 0 Å². The van der Waals surface area contributed by atoms with Crippen LogP contribution in [0.15, 0.2) is 24.3 Å². The summed E-state index contributed by atoms with van der Waals surface area (Å²) in [6, 6.07) is 6.99. The van der Waals surface area contributed by atoms with Gasteiger partial charge in [0.25, 0.3) is 0 Å². The van der Waals surface area contributed by atoms with E-state index >= 15 is 0 Å². The van der Waals surface area contributed by atoms with Gasteiger partial charge in [0.1, 0.15) is 6.04 Å². The van der Waals surface area contributed by atoms with Crippen molar-refractivity contribution in [1.82, 2.24) is 16.0 Å². The second-order valence-electron chi connectivity index (χ2n) is 4.81. The molecule has 0 radical (unpaired) electrons. The minimum absolute atomic E-state index is 0. The Bertz CT molecular complexity index is 536. The first-order chi connectivity index (χ1) is 10.4. The van der Waals surface area contributed by atoms with E-state index in [2.05, 4.69) is 36.7 Å². The molecule has 24 heavy (non-hydrogen) atoms. The molecule has 1 unspecified atom stereocenters. The van der Waals surface area contributed by atoms with Crippen LogP contribution >= 0.6 is 0 Å². The molecule has 0 spiro atoms. The largest absolute Gasteiger partial charge is 0.378 e. The molecule has 3 N–H and O–H groups in total. The number of carbonyl (C=O) groups excluding carboxylic acids is 3. The molecule has 136 valence electrons. The average Bonchev–Trinajstić information content (AvgIpc) is 2.49. The van der Waals surface area contributed by atoms with E-state index in [4.69, 9.17) is 0 Å². The molecule has 3 amide bonds. The summed E-state index contributed by atoms with van der Waals surface area (Å²) in [7, 11) is 0. The fraction of sp³-hybridized carbons (Fsp3) is 0.312. The summed E-state index contributed by atoms with van der Waals surface area (Å²) in [6.07, 6.45) is 0.953. The minimum Gasteiger partial charge on any atom is -0.378 e. The van der Waals surface area contributed by atoms with Crippen molar-refractivity contribution in [3.05, 3.63) is 49.2 Å².